The van der Waals surface area contributed by atoms with E-state index in [-0.39, 0.29) is 6.04 Å². The number of aliphatic imine (C=N–C) groups is 1. The molecule has 150 valence electrons. The van der Waals surface area contributed by atoms with Gasteiger partial charge in [0.25, 0.3) is 0 Å². The molecule has 7 heteroatoms. The molecule has 2 saturated heterocycles. The van der Waals surface area contributed by atoms with Crippen LogP contribution in [0.2, 0.25) is 0 Å². The van der Waals surface area contributed by atoms with Crippen molar-refractivity contribution in [3.8, 4) is 0 Å². The Balaban J connectivity index is 1.42. The number of hydrogen-bond donors (Lipinski definition) is 2. The Kier molecular flexibility index (Phi) is 6.88. The number of nitrogens with one attached hydrogen (secondary N) is 2. The minimum atomic E-state index is -0.542. The Morgan fingerprint density at radius 1 is 1.19 bits per heavy atom. The monoisotopic (exact) mass is 379 g/mol. The van der Waals surface area contributed by atoms with Gasteiger partial charge in [0.05, 0.1) is 5.69 Å². The molecule has 0 amide bonds. The smallest absolute Gasteiger partial charge is 0.191 e. The molecule has 2 heterocycles. The third kappa shape index (κ3) is 5.54. The summed E-state index contributed by atoms with van der Waals surface area (Å²) in [5, 5.41) is 6.84. The lowest BCUT2D eigenvalue weighted by Crippen LogP contribution is -2.45. The van der Waals surface area contributed by atoms with Crippen molar-refractivity contribution in [2.45, 2.75) is 31.7 Å². The van der Waals surface area contributed by atoms with E-state index in [2.05, 4.69) is 27.6 Å². The highest BCUT2D eigenvalue weighted by Gasteiger charge is 2.25. The van der Waals surface area contributed by atoms with Crippen LogP contribution >= 0.6 is 0 Å². The highest BCUT2D eigenvalue weighted by Crippen LogP contribution is 2.24. The Labute approximate surface area is 160 Å². The Bertz CT molecular complexity index is 643. The number of guanidine groups is 1. The van der Waals surface area contributed by atoms with Crippen LogP contribution in [-0.4, -0.2) is 63.7 Å². The summed E-state index contributed by atoms with van der Waals surface area (Å²) in [7, 11) is 3.96. The highest BCUT2D eigenvalue weighted by molar-refractivity contribution is 5.80. The van der Waals surface area contributed by atoms with Crippen molar-refractivity contribution < 1.29 is 8.78 Å². The SMILES string of the molecule is CN=C(NCCC1CCN(C)CC1)NC1CCN(c2ccc(F)cc2F)C1. The number of anilines is 1. The molecule has 0 aliphatic carbocycles. The minimum absolute atomic E-state index is 0.198. The molecular weight excluding hydrogens is 348 g/mol. The molecule has 3 rings (SSSR count). The third-order valence-corrected chi connectivity index (χ3v) is 5.69. The maximum atomic E-state index is 14.0. The molecule has 0 bridgehead atoms. The lowest BCUT2D eigenvalue weighted by molar-refractivity contribution is 0.213. The molecule has 5 nitrogen and oxygen atoms in total. The average molecular weight is 379 g/mol. The third-order valence-electron chi connectivity index (χ3n) is 5.69. The van der Waals surface area contributed by atoms with Gasteiger partial charge < -0.3 is 20.4 Å². The van der Waals surface area contributed by atoms with E-state index < -0.39 is 11.6 Å². The molecule has 0 saturated carbocycles. The molecule has 1 unspecified atom stereocenters. The molecule has 2 aliphatic rings. The van der Waals surface area contributed by atoms with Gasteiger partial charge in [-0.15, -0.1) is 0 Å². The number of likely N-dealkylation sites (tertiary alicyclic amines) is 1. The number of rotatable bonds is 5. The zero-order valence-corrected chi connectivity index (χ0v) is 16.3. The molecule has 1 atom stereocenters. The molecule has 2 N–H and O–H groups in total. The van der Waals surface area contributed by atoms with E-state index in [9.17, 15) is 8.78 Å². The second kappa shape index (κ2) is 9.35. The van der Waals surface area contributed by atoms with Crippen LogP contribution in [0.25, 0.3) is 0 Å². The zero-order valence-electron chi connectivity index (χ0n) is 16.3. The van der Waals surface area contributed by atoms with E-state index in [1.165, 1.54) is 38.1 Å². The fourth-order valence-corrected chi connectivity index (χ4v) is 3.97. The van der Waals surface area contributed by atoms with Gasteiger partial charge in [-0.2, -0.15) is 0 Å². The summed E-state index contributed by atoms with van der Waals surface area (Å²) in [6.45, 7) is 4.72. The molecule has 0 radical (unpaired) electrons. The summed E-state index contributed by atoms with van der Waals surface area (Å²) in [6.07, 6.45) is 4.59. The second-order valence-corrected chi connectivity index (χ2v) is 7.71. The van der Waals surface area contributed by atoms with E-state index >= 15 is 0 Å². The molecule has 27 heavy (non-hydrogen) atoms. The van der Waals surface area contributed by atoms with Crippen LogP contribution in [0.5, 0.6) is 0 Å². The van der Waals surface area contributed by atoms with E-state index in [0.717, 1.165) is 43.9 Å². The molecular formula is C20H31F2N5. The Morgan fingerprint density at radius 2 is 1.96 bits per heavy atom. The van der Waals surface area contributed by atoms with Crippen LogP contribution in [0.15, 0.2) is 23.2 Å². The van der Waals surface area contributed by atoms with Gasteiger partial charge in [-0.1, -0.05) is 0 Å². The fraction of sp³-hybridized carbons (Fsp3) is 0.650. The van der Waals surface area contributed by atoms with E-state index in [1.54, 1.807) is 7.05 Å². The van der Waals surface area contributed by atoms with E-state index in [4.69, 9.17) is 0 Å². The van der Waals surface area contributed by atoms with Crippen LogP contribution in [0.3, 0.4) is 0 Å². The van der Waals surface area contributed by atoms with Crippen molar-refractivity contribution in [1.82, 2.24) is 15.5 Å². The van der Waals surface area contributed by atoms with Gasteiger partial charge in [0.15, 0.2) is 5.96 Å². The Hall–Kier alpha value is -1.89. The number of hydrogen-bond acceptors (Lipinski definition) is 3. The summed E-state index contributed by atoms with van der Waals surface area (Å²) in [5.74, 6) is 0.542. The normalized spacial score (nSPS) is 22.3. The van der Waals surface area contributed by atoms with Crippen LogP contribution < -0.4 is 15.5 Å². The maximum absolute atomic E-state index is 14.0. The molecule has 0 spiro atoms. The summed E-state index contributed by atoms with van der Waals surface area (Å²) < 4.78 is 27.1. The first-order chi connectivity index (χ1) is 13.0. The summed E-state index contributed by atoms with van der Waals surface area (Å²) >= 11 is 0. The number of benzene rings is 1. The van der Waals surface area contributed by atoms with Gasteiger partial charge >= 0.3 is 0 Å². The molecule has 1 aromatic rings. The zero-order chi connectivity index (χ0) is 19.2. The predicted octanol–water partition coefficient (Wildman–Crippen LogP) is 2.44. The van der Waals surface area contributed by atoms with Gasteiger partial charge in [0.1, 0.15) is 11.6 Å². The van der Waals surface area contributed by atoms with Crippen LogP contribution in [0, 0.1) is 17.6 Å². The molecule has 2 fully saturated rings. The van der Waals surface area contributed by atoms with E-state index in [1.807, 2.05) is 4.90 Å². The lowest BCUT2D eigenvalue weighted by atomic mass is 9.94. The summed E-state index contributed by atoms with van der Waals surface area (Å²) in [4.78, 5) is 8.66. The number of nitrogens with zero attached hydrogens (tertiary/aromatic N) is 3. The van der Waals surface area contributed by atoms with Crippen molar-refractivity contribution >= 4 is 11.6 Å². The van der Waals surface area contributed by atoms with Crippen molar-refractivity contribution in [1.29, 1.82) is 0 Å². The van der Waals surface area contributed by atoms with Crippen LogP contribution in [0.4, 0.5) is 14.5 Å². The summed E-state index contributed by atoms with van der Waals surface area (Å²) in [6, 6.07) is 3.97. The van der Waals surface area contributed by atoms with Crippen molar-refractivity contribution in [3.63, 3.8) is 0 Å². The first-order valence-electron chi connectivity index (χ1n) is 9.91. The number of piperidine rings is 1. The van der Waals surface area contributed by atoms with Gasteiger partial charge in [0, 0.05) is 38.8 Å². The molecule has 2 aliphatic heterocycles. The van der Waals surface area contributed by atoms with Crippen LogP contribution in [-0.2, 0) is 0 Å². The highest BCUT2D eigenvalue weighted by atomic mass is 19.1. The van der Waals surface area contributed by atoms with Gasteiger partial charge in [-0.3, -0.25) is 4.99 Å². The minimum Gasteiger partial charge on any atom is -0.367 e. The largest absolute Gasteiger partial charge is 0.367 e. The predicted molar refractivity (Wildman–Crippen MR) is 106 cm³/mol. The standard InChI is InChI=1S/C20H31F2N5/c1-23-20(24-9-5-15-6-10-26(2)11-7-15)25-17-8-12-27(14-17)19-4-3-16(21)13-18(19)22/h3-4,13,15,17H,5-12,14H2,1-2H3,(H2,23,24,25). The van der Waals surface area contributed by atoms with Crippen LogP contribution in [0.1, 0.15) is 25.7 Å². The quantitative estimate of drug-likeness (QED) is 0.609. The van der Waals surface area contributed by atoms with E-state index in [0.29, 0.717) is 12.2 Å². The van der Waals surface area contributed by atoms with Gasteiger partial charge in [-0.25, -0.2) is 8.78 Å². The second-order valence-electron chi connectivity index (χ2n) is 7.71. The van der Waals surface area contributed by atoms with Crippen molar-refractivity contribution in [2.75, 3.05) is 51.7 Å². The lowest BCUT2D eigenvalue weighted by Gasteiger charge is -2.29. The number of halogens is 2. The average Bonchev–Trinajstić information content (AvgIpc) is 3.10. The molecule has 1 aromatic carbocycles. The van der Waals surface area contributed by atoms with Crippen molar-refractivity contribution in [3.05, 3.63) is 29.8 Å². The van der Waals surface area contributed by atoms with Gasteiger partial charge in [0.2, 0.25) is 0 Å². The van der Waals surface area contributed by atoms with Crippen molar-refractivity contribution in [2.24, 2.45) is 10.9 Å². The maximum Gasteiger partial charge on any atom is 0.191 e. The topological polar surface area (TPSA) is 42.9 Å². The van der Waals surface area contributed by atoms with Gasteiger partial charge in [-0.05, 0) is 63.9 Å². The fourth-order valence-electron chi connectivity index (χ4n) is 3.97. The first kappa shape index (κ1) is 19.9. The Morgan fingerprint density at radius 3 is 2.67 bits per heavy atom. The molecule has 0 aromatic heterocycles. The first-order valence-corrected chi connectivity index (χ1v) is 9.91. The summed E-state index contributed by atoms with van der Waals surface area (Å²) in [5.41, 5.74) is 0.464.